The summed E-state index contributed by atoms with van der Waals surface area (Å²) in [5.74, 6) is -13.8. The van der Waals surface area contributed by atoms with Gasteiger partial charge in [-0.2, -0.15) is 0 Å². The van der Waals surface area contributed by atoms with Gasteiger partial charge in [0.1, 0.15) is 29.9 Å². The summed E-state index contributed by atoms with van der Waals surface area (Å²) in [5, 5.41) is 80.7. The van der Waals surface area contributed by atoms with E-state index in [9.17, 15) is 97.5 Å². The van der Waals surface area contributed by atoms with E-state index < -0.39 is 153 Å². The number of phenols is 1. The fourth-order valence-electron chi connectivity index (χ4n) is 10.4. The molecule has 0 unspecified atom stereocenters. The normalized spacial score (nSPS) is 14.3. The molecule has 40 heteroatoms. The Labute approximate surface area is 628 Å². The molecule has 11 amide bonds. The van der Waals surface area contributed by atoms with Crippen molar-refractivity contribution in [1.29, 1.82) is 0 Å². The van der Waals surface area contributed by atoms with Crippen LogP contribution in [0, 0.1) is 36.9 Å². The van der Waals surface area contributed by atoms with E-state index in [4.69, 9.17) is 5.73 Å². The van der Waals surface area contributed by atoms with Crippen LogP contribution in [-0.4, -0.2) is 281 Å². The zero-order valence-electron chi connectivity index (χ0n) is 57.5. The van der Waals surface area contributed by atoms with Gasteiger partial charge in [-0.3, -0.25) is 77.1 Å². The Balaban J connectivity index is 0.0000281. The molecule has 0 bridgehead atoms. The molecule has 3 heterocycles. The number of aromatic nitrogens is 4. The second kappa shape index (κ2) is 50.0. The fraction of sp³-hybridized carbons (Fsp3) is 0.578. The minimum atomic E-state index is -1.70. The van der Waals surface area contributed by atoms with E-state index in [0.29, 0.717) is 31.5 Å². The number of unbranched alkanes of at least 4 members (excludes halogenated alkanes) is 2. The Bertz CT molecular complexity index is 3230. The molecular weight excluding hydrogens is 1530 g/mol. The average Bonchev–Trinajstić information content (AvgIpc) is 0.973. The number of aliphatic carboxylic acids is 4. The molecule has 0 radical (unpaired) electrons. The molecule has 1 fully saturated rings. The Hall–Kier alpha value is -9.44. The van der Waals surface area contributed by atoms with E-state index in [0.717, 1.165) is 11.4 Å². The Morgan fingerprint density at radius 2 is 0.808 bits per heavy atom. The molecule has 104 heavy (non-hydrogen) atoms. The Morgan fingerprint density at radius 1 is 0.442 bits per heavy atom. The minimum Gasteiger partial charge on any atom is -0.549 e. The number of aromatic hydroxyl groups is 1. The number of carbonyl (C=O) groups is 15. The van der Waals surface area contributed by atoms with Gasteiger partial charge in [-0.25, -0.2) is 9.97 Å². The van der Waals surface area contributed by atoms with Crippen molar-refractivity contribution in [3.05, 3.63) is 66.3 Å². The van der Waals surface area contributed by atoms with E-state index in [2.05, 4.69) is 73.1 Å². The number of imidazole rings is 2. The van der Waals surface area contributed by atoms with Gasteiger partial charge in [0.15, 0.2) is 0 Å². The van der Waals surface area contributed by atoms with Crippen molar-refractivity contribution >= 4 is 88.9 Å². The van der Waals surface area contributed by atoms with Gasteiger partial charge < -0.3 is 109 Å². The summed E-state index contributed by atoms with van der Waals surface area (Å²) in [6, 6.07) is -0.705. The van der Waals surface area contributed by atoms with Gasteiger partial charge in [-0.1, -0.05) is 12.1 Å². The largest absolute Gasteiger partial charge is 3.00 e. The molecule has 39 nitrogen and oxygen atoms in total. The average molecular weight is 1630 g/mol. The van der Waals surface area contributed by atoms with Gasteiger partial charge >= 0.3 is 42.8 Å². The molecule has 1 aliphatic rings. The van der Waals surface area contributed by atoms with Crippen molar-refractivity contribution in [2.75, 3.05) is 118 Å². The number of hydrogen-bond acceptors (Lipinski definition) is 25. The second-order valence-corrected chi connectivity index (χ2v) is 24.3. The van der Waals surface area contributed by atoms with E-state index in [-0.39, 0.29) is 191 Å². The number of primary amides is 1. The van der Waals surface area contributed by atoms with Gasteiger partial charge in [-0.05, 0) is 62.6 Å². The first-order valence-electron chi connectivity index (χ1n) is 33.7. The molecule has 16 N–H and O–H groups in total. The monoisotopic (exact) mass is 1630 g/mol. The van der Waals surface area contributed by atoms with Crippen LogP contribution in [0.25, 0.3) is 0 Å². The van der Waals surface area contributed by atoms with Crippen LogP contribution in [-0.2, 0) is 91.2 Å². The summed E-state index contributed by atoms with van der Waals surface area (Å²) in [6.45, 7) is -2.42. The molecule has 1 saturated heterocycles. The molecule has 4 rings (SSSR count). The van der Waals surface area contributed by atoms with Crippen molar-refractivity contribution in [1.82, 2.24) is 92.7 Å². The smallest absolute Gasteiger partial charge is 0.549 e. The standard InChI is InChI=1S/C64H97N19O20.Lu/c65-61(100)46(5-1-3-19-68-54(89)34-72-52(87)14-12-50(85)70-21-17-43-32-66-40-74-43)77-63(102)48(11-16-57(92)93)79-62(101)47(6-2-4-20-69-55(90)35-73-53(88)15-13-51(86)71-22-18-44-33-67-41-75-44)78-64(103)49(31-42-7-9-45(84)10-8-42)76-56(91)36-80-23-25-81(37-58(94)95)27-29-83(39-60(98)99)30-28-82(26-24-80)38-59(96)97;/h7-10,32-33,40-41,46-49,84H,1-6,11-31,34-39H2,(H2,65,100)(H,66,74)(H,67,75)(H,68,89)(H,69,90)(H,70,85)(H,71,86)(H,72,87)(H,73,88)(H,76,91)(H,77,102)(H,78,103)(H,79,101)(H,92,93)(H,94,95)(H,96,97)(H,98,99);/q;+3/p-3/t46-,47-,48-,49-;/m1./s1/i;1+2. The van der Waals surface area contributed by atoms with Crippen LogP contribution in [0.15, 0.2) is 49.3 Å². The molecule has 580 valence electrons. The number of carboxylic acid groups (broad SMARTS) is 4. The zero-order valence-corrected chi connectivity index (χ0v) is 59.2. The molecule has 3 aromatic rings. The summed E-state index contributed by atoms with van der Waals surface area (Å²) in [5.41, 5.74) is 7.69. The predicted octanol–water partition coefficient (Wildman–Crippen LogP) is -9.77. The first-order valence-corrected chi connectivity index (χ1v) is 33.7. The zero-order chi connectivity index (χ0) is 75.5. The number of phenolic OH excluding ortho intramolecular Hbond substituents is 1. The van der Waals surface area contributed by atoms with Gasteiger partial charge in [0.25, 0.3) is 0 Å². The number of hydrogen-bond donors (Lipinski definition) is 15. The Kier molecular flexibility index (Phi) is 42.7. The van der Waals surface area contributed by atoms with Crippen molar-refractivity contribution in [2.45, 2.75) is 120 Å². The van der Waals surface area contributed by atoms with Crippen LogP contribution < -0.4 is 74.2 Å². The second-order valence-electron chi connectivity index (χ2n) is 24.3. The van der Waals surface area contributed by atoms with Crippen LogP contribution in [0.4, 0.5) is 0 Å². The van der Waals surface area contributed by atoms with Crippen LogP contribution in [0.2, 0.25) is 0 Å². The van der Waals surface area contributed by atoms with Gasteiger partial charge in [0.05, 0.1) is 50.2 Å². The predicted molar refractivity (Wildman–Crippen MR) is 355 cm³/mol. The first kappa shape index (κ1) is 88.8. The number of amides is 11. The number of nitrogens with two attached hydrogens (primary N) is 1. The van der Waals surface area contributed by atoms with E-state index in [1.807, 2.05) is 0 Å². The molecular formula is C64H94LuN19O20. The van der Waals surface area contributed by atoms with Crippen LogP contribution in [0.1, 0.15) is 94.0 Å². The maximum Gasteiger partial charge on any atom is 3.00 e. The van der Waals surface area contributed by atoms with Crippen LogP contribution >= 0.6 is 0 Å². The molecule has 0 saturated carbocycles. The van der Waals surface area contributed by atoms with Crippen molar-refractivity contribution < 1.29 is 134 Å². The third kappa shape index (κ3) is 39.8. The maximum absolute atomic E-state index is 14.7. The number of carboxylic acids is 4. The summed E-state index contributed by atoms with van der Waals surface area (Å²) in [4.78, 5) is 212. The molecule has 4 atom stereocenters. The van der Waals surface area contributed by atoms with Crippen LogP contribution in [0.5, 0.6) is 5.75 Å². The van der Waals surface area contributed by atoms with Gasteiger partial charge in [-0.15, -0.1) is 0 Å². The first-order chi connectivity index (χ1) is 49.2. The topological polar surface area (TPSA) is 582 Å². The van der Waals surface area contributed by atoms with Crippen molar-refractivity contribution in [3.8, 4) is 5.75 Å². The molecule has 1 aliphatic heterocycles. The number of nitrogens with one attached hydrogen (secondary N) is 12. The van der Waals surface area contributed by atoms with Crippen molar-refractivity contribution in [3.63, 3.8) is 0 Å². The number of benzene rings is 1. The minimum absolute atomic E-state index is 0. The number of aromatic amines is 2. The van der Waals surface area contributed by atoms with E-state index >= 15 is 0 Å². The van der Waals surface area contributed by atoms with E-state index in [1.54, 1.807) is 17.3 Å². The number of carbonyl (C=O) groups excluding carboxylic acids is 14. The summed E-state index contributed by atoms with van der Waals surface area (Å²) >= 11 is 0. The fourth-order valence-corrected chi connectivity index (χ4v) is 10.4. The third-order valence-electron chi connectivity index (χ3n) is 16.0. The number of rotatable bonds is 47. The number of nitrogens with zero attached hydrogens (tertiary/aromatic N) is 6. The SMILES string of the molecule is NC(=O)[C@@H](CCCCNC(=O)CNC(=O)CCC(=O)NCCc1cnc[nH]1)NC(=O)[C@@H](CCC(=O)O)NC(=O)[C@@H](CCCCNC(=O)CNC(=O)CCC(=O)NCCc1cnc[nH]1)NC(=O)[C@@H](Cc1ccc(O)cc1)NC(=O)CN1CCN(CC(=O)[O-])CCN(CC(=O)[O-])CCN(CC(=O)[O-])CC1.[177Lu+3]. The Morgan fingerprint density at radius 3 is 1.19 bits per heavy atom. The number of H-pyrrole nitrogens is 2. The molecule has 0 aliphatic carbocycles. The van der Waals surface area contributed by atoms with Gasteiger partial charge in [0, 0.05) is 173 Å². The van der Waals surface area contributed by atoms with E-state index in [1.165, 1.54) is 51.6 Å². The summed E-state index contributed by atoms with van der Waals surface area (Å²) in [7, 11) is 0. The van der Waals surface area contributed by atoms with Crippen LogP contribution in [0.3, 0.4) is 0 Å². The molecule has 1 aromatic carbocycles. The van der Waals surface area contributed by atoms with Crippen molar-refractivity contribution in [2.24, 2.45) is 5.73 Å². The quantitative estimate of drug-likeness (QED) is 0.0234. The summed E-state index contributed by atoms with van der Waals surface area (Å²) in [6.07, 6.45) is 5.26. The molecule has 0 spiro atoms. The van der Waals surface area contributed by atoms with Gasteiger partial charge in [0.2, 0.25) is 65.0 Å². The molecule has 2 aromatic heterocycles. The summed E-state index contributed by atoms with van der Waals surface area (Å²) < 4.78 is 0. The third-order valence-corrected chi connectivity index (χ3v) is 16.0. The maximum atomic E-state index is 14.7.